The summed E-state index contributed by atoms with van der Waals surface area (Å²) >= 11 is 0. The number of hydrogen-bond donors (Lipinski definition) is 5. The van der Waals surface area contributed by atoms with Gasteiger partial charge in [-0.3, -0.25) is 9.59 Å². The van der Waals surface area contributed by atoms with Crippen molar-refractivity contribution in [2.45, 2.75) is 97.4 Å². The molecule has 34 heavy (non-hydrogen) atoms. The van der Waals surface area contributed by atoms with Gasteiger partial charge in [-0.25, -0.2) is 0 Å². The maximum atomic E-state index is 12.3. The van der Waals surface area contributed by atoms with Crippen LogP contribution in [-0.2, 0) is 9.59 Å². The Balaban J connectivity index is 1.61. The average Bonchev–Trinajstić information content (AvgIpc) is 3.12. The molecule has 0 radical (unpaired) electrons. The van der Waals surface area contributed by atoms with Crippen molar-refractivity contribution in [2.75, 3.05) is 6.54 Å². The first-order chi connectivity index (χ1) is 16.0. The molecule has 1 amide bonds. The van der Waals surface area contributed by atoms with Crippen molar-refractivity contribution < 1.29 is 30.0 Å². The molecule has 2 unspecified atom stereocenters. The molecule has 0 aromatic rings. The van der Waals surface area contributed by atoms with Gasteiger partial charge in [0.1, 0.15) is 0 Å². The van der Waals surface area contributed by atoms with E-state index in [4.69, 9.17) is 0 Å². The van der Waals surface area contributed by atoms with Gasteiger partial charge in [-0.05, 0) is 98.2 Å². The van der Waals surface area contributed by atoms with Gasteiger partial charge >= 0.3 is 5.97 Å². The maximum Gasteiger partial charge on any atom is 0.307 e. The second-order valence-corrected chi connectivity index (χ2v) is 12.4. The molecule has 7 nitrogen and oxygen atoms in total. The highest BCUT2D eigenvalue weighted by atomic mass is 16.4. The molecule has 194 valence electrons. The van der Waals surface area contributed by atoms with Gasteiger partial charge in [-0.15, -0.1) is 0 Å². The van der Waals surface area contributed by atoms with Crippen molar-refractivity contribution in [3.63, 3.8) is 0 Å². The van der Waals surface area contributed by atoms with E-state index in [1.807, 2.05) is 6.92 Å². The second-order valence-electron chi connectivity index (χ2n) is 12.4. The van der Waals surface area contributed by atoms with Crippen molar-refractivity contribution in [1.29, 1.82) is 0 Å². The summed E-state index contributed by atoms with van der Waals surface area (Å²) in [7, 11) is 0. The topological polar surface area (TPSA) is 127 Å². The smallest absolute Gasteiger partial charge is 0.307 e. The molecule has 0 spiro atoms. The van der Waals surface area contributed by atoms with Crippen LogP contribution >= 0.6 is 0 Å². The molecule has 4 aliphatic carbocycles. The number of carboxylic acids is 1. The number of nitrogens with one attached hydrogen (secondary N) is 1. The predicted octanol–water partition coefficient (Wildman–Crippen LogP) is 2.81. The predicted molar refractivity (Wildman–Crippen MR) is 128 cm³/mol. The summed E-state index contributed by atoms with van der Waals surface area (Å²) in [6.45, 7) is 8.97. The summed E-state index contributed by atoms with van der Waals surface area (Å²) in [6.07, 6.45) is 3.20. The standard InChI is InChI=1S/C27H45NO6/c1-5-28-23(32)9-6-14(2)17-7-8-18-24-19(13-22(31)27(17,18)4)26(3)15(11-21(24)30)10-16(29)12-20(26)25(33)34/h14-22,24,29-31H,5-13H2,1-4H3,(H,28,32)(H,33,34)/t14-,15?,16+,17-,18+,19+,20?,21-,22+,24+,26+,27-/m1/s1. The van der Waals surface area contributed by atoms with Crippen molar-refractivity contribution in [2.24, 2.45) is 52.3 Å². The Labute approximate surface area is 203 Å². The molecule has 12 atom stereocenters. The molecule has 0 bridgehead atoms. The fourth-order valence-electron chi connectivity index (χ4n) is 9.45. The molecule has 0 aromatic carbocycles. The molecule has 0 heterocycles. The molecule has 4 rings (SSSR count). The minimum atomic E-state index is -0.868. The summed E-state index contributed by atoms with van der Waals surface area (Å²) in [6, 6.07) is 0. The maximum absolute atomic E-state index is 12.3. The summed E-state index contributed by atoms with van der Waals surface area (Å²) < 4.78 is 0. The fraction of sp³-hybridized carbons (Fsp3) is 0.926. The number of aliphatic carboxylic acids is 1. The van der Waals surface area contributed by atoms with E-state index in [1.54, 1.807) is 0 Å². The zero-order valence-corrected chi connectivity index (χ0v) is 21.2. The van der Waals surface area contributed by atoms with E-state index in [0.717, 1.165) is 19.3 Å². The highest BCUT2D eigenvalue weighted by Crippen LogP contribution is 2.69. The lowest BCUT2D eigenvalue weighted by Crippen LogP contribution is -2.65. The Morgan fingerprint density at radius 1 is 1.00 bits per heavy atom. The van der Waals surface area contributed by atoms with Crippen LogP contribution in [0.5, 0.6) is 0 Å². The second kappa shape index (κ2) is 9.36. The van der Waals surface area contributed by atoms with Crippen molar-refractivity contribution in [1.82, 2.24) is 5.32 Å². The zero-order valence-electron chi connectivity index (χ0n) is 21.2. The Hall–Kier alpha value is -1.18. The highest BCUT2D eigenvalue weighted by Gasteiger charge is 2.68. The van der Waals surface area contributed by atoms with Crippen LogP contribution < -0.4 is 5.32 Å². The Bertz CT molecular complexity index is 789. The number of aliphatic hydroxyl groups is 3. The van der Waals surface area contributed by atoms with E-state index in [9.17, 15) is 30.0 Å². The van der Waals surface area contributed by atoms with Crippen molar-refractivity contribution in [3.05, 3.63) is 0 Å². The lowest BCUT2D eigenvalue weighted by molar-refractivity contribution is -0.225. The van der Waals surface area contributed by atoms with Crippen LogP contribution in [0.2, 0.25) is 0 Å². The number of aliphatic hydroxyl groups excluding tert-OH is 3. The van der Waals surface area contributed by atoms with E-state index in [-0.39, 0.29) is 53.3 Å². The Morgan fingerprint density at radius 2 is 1.71 bits per heavy atom. The van der Waals surface area contributed by atoms with E-state index in [1.165, 1.54) is 0 Å². The molecule has 4 saturated carbocycles. The summed E-state index contributed by atoms with van der Waals surface area (Å²) in [5.41, 5.74) is -0.891. The van der Waals surface area contributed by atoms with Crippen molar-refractivity contribution >= 4 is 11.9 Å². The summed E-state index contributed by atoms with van der Waals surface area (Å²) in [5.74, 6) is -0.948. The van der Waals surface area contributed by atoms with Crippen LogP contribution in [0.1, 0.15) is 79.1 Å². The molecule has 0 saturated heterocycles. The zero-order chi connectivity index (χ0) is 25.0. The van der Waals surface area contributed by atoms with Gasteiger partial charge in [0.15, 0.2) is 0 Å². The third-order valence-corrected chi connectivity index (χ3v) is 11.2. The summed E-state index contributed by atoms with van der Waals surface area (Å²) in [4.78, 5) is 24.4. The third-order valence-electron chi connectivity index (χ3n) is 11.2. The number of carboxylic acid groups (broad SMARTS) is 1. The van der Waals surface area contributed by atoms with Crippen LogP contribution in [-0.4, -0.2) is 57.2 Å². The number of carbonyl (C=O) groups is 2. The Kier molecular flexibility index (Phi) is 7.13. The third kappa shape index (κ3) is 3.90. The number of amides is 1. The monoisotopic (exact) mass is 479 g/mol. The first-order valence-electron chi connectivity index (χ1n) is 13.5. The van der Waals surface area contributed by atoms with Crippen LogP contribution in [0.15, 0.2) is 0 Å². The van der Waals surface area contributed by atoms with Gasteiger partial charge in [-0.1, -0.05) is 20.8 Å². The molecular weight excluding hydrogens is 434 g/mol. The molecule has 4 aliphatic rings. The molecule has 7 heteroatoms. The lowest BCUT2D eigenvalue weighted by Gasteiger charge is -2.64. The Morgan fingerprint density at radius 3 is 2.35 bits per heavy atom. The van der Waals surface area contributed by atoms with Crippen LogP contribution in [0, 0.1) is 52.3 Å². The van der Waals surface area contributed by atoms with Crippen molar-refractivity contribution in [3.8, 4) is 0 Å². The average molecular weight is 480 g/mol. The van der Waals surface area contributed by atoms with E-state index >= 15 is 0 Å². The normalized spacial score (nSPS) is 48.9. The SMILES string of the molecule is CCNC(=O)CC[C@@H](C)[C@H]1CC[C@H]2[C@@H]3[C@H](O)CC4C[C@H](O)CC(C(=O)O)[C@]4(C)[C@H]3C[C@H](O)[C@]12C. The largest absolute Gasteiger partial charge is 0.481 e. The van der Waals surface area contributed by atoms with Gasteiger partial charge < -0.3 is 25.7 Å². The van der Waals surface area contributed by atoms with E-state index in [0.29, 0.717) is 32.2 Å². The van der Waals surface area contributed by atoms with Crippen LogP contribution in [0.3, 0.4) is 0 Å². The lowest BCUT2D eigenvalue weighted by atomic mass is 9.41. The highest BCUT2D eigenvalue weighted by molar-refractivity contribution is 5.75. The molecule has 0 aromatic heterocycles. The van der Waals surface area contributed by atoms with Gasteiger partial charge in [0.05, 0.1) is 24.2 Å². The number of hydrogen-bond acceptors (Lipinski definition) is 5. The van der Waals surface area contributed by atoms with Crippen LogP contribution in [0.4, 0.5) is 0 Å². The number of fused-ring (bicyclic) bond motifs is 5. The van der Waals surface area contributed by atoms with E-state index in [2.05, 4.69) is 26.1 Å². The van der Waals surface area contributed by atoms with E-state index < -0.39 is 35.6 Å². The van der Waals surface area contributed by atoms with Gasteiger partial charge in [0, 0.05) is 13.0 Å². The van der Waals surface area contributed by atoms with Gasteiger partial charge in [-0.2, -0.15) is 0 Å². The molecule has 5 N–H and O–H groups in total. The molecule has 4 fully saturated rings. The van der Waals surface area contributed by atoms with Gasteiger partial charge in [0.2, 0.25) is 5.91 Å². The fourth-order valence-corrected chi connectivity index (χ4v) is 9.45. The first-order valence-corrected chi connectivity index (χ1v) is 13.5. The minimum absolute atomic E-state index is 0.0349. The minimum Gasteiger partial charge on any atom is -0.481 e. The molecular formula is C27H45NO6. The number of rotatable bonds is 6. The van der Waals surface area contributed by atoms with Crippen LogP contribution in [0.25, 0.3) is 0 Å². The molecule has 0 aliphatic heterocycles. The first kappa shape index (κ1) is 25.9. The summed E-state index contributed by atoms with van der Waals surface area (Å²) in [5, 5.41) is 46.5. The number of carbonyl (C=O) groups excluding carboxylic acids is 1. The quantitative estimate of drug-likeness (QED) is 0.399. The van der Waals surface area contributed by atoms with Gasteiger partial charge in [0.25, 0.3) is 0 Å².